The minimum Gasteiger partial charge on any atom is -0.622 e. The van der Waals surface area contributed by atoms with E-state index in [-0.39, 0.29) is 11.4 Å². The Morgan fingerprint density at radius 2 is 2.11 bits per heavy atom. The summed E-state index contributed by atoms with van der Waals surface area (Å²) in [6.45, 7) is 6.32. The van der Waals surface area contributed by atoms with Crippen LogP contribution in [-0.2, 0) is 0 Å². The van der Waals surface area contributed by atoms with Gasteiger partial charge in [0.2, 0.25) is 0 Å². The maximum Gasteiger partial charge on any atom is 0.290 e. The van der Waals surface area contributed by atoms with Crippen LogP contribution in [0.15, 0.2) is 28.0 Å². The lowest BCUT2D eigenvalue weighted by molar-refractivity contribution is -0.560. The highest BCUT2D eigenvalue weighted by Gasteiger charge is 2.62. The van der Waals surface area contributed by atoms with Crippen LogP contribution in [0.4, 0.5) is 0 Å². The fourth-order valence-electron chi connectivity index (χ4n) is 2.41. The van der Waals surface area contributed by atoms with Crippen molar-refractivity contribution in [2.24, 2.45) is 5.16 Å². The fraction of sp³-hybridized carbons (Fsp3) is 0.500. The molecule has 0 bridgehead atoms. The zero-order chi connectivity index (χ0) is 14.4. The molecule has 1 aromatic heterocycles. The number of nitrogens with zero attached hydrogens (tertiary/aromatic N) is 3. The van der Waals surface area contributed by atoms with Crippen molar-refractivity contribution in [3.05, 3.63) is 29.4 Å². The average Bonchev–Trinajstić information content (AvgIpc) is 2.92. The predicted octanol–water partition coefficient (Wildman–Crippen LogP) is 1.63. The molecule has 0 fully saturated rings. The molecular weight excluding hydrogens is 250 g/mol. The van der Waals surface area contributed by atoms with Crippen LogP contribution in [0.5, 0.6) is 0 Å². The molecule has 0 saturated heterocycles. The van der Waals surface area contributed by atoms with E-state index >= 15 is 0 Å². The van der Waals surface area contributed by atoms with Gasteiger partial charge in [-0.2, -0.15) is 4.74 Å². The van der Waals surface area contributed by atoms with Crippen LogP contribution in [0.2, 0.25) is 0 Å². The normalized spacial score (nSPS) is 28.2. The summed E-state index contributed by atoms with van der Waals surface area (Å²) in [5.41, 5.74) is -2.12. The summed E-state index contributed by atoms with van der Waals surface area (Å²) < 4.78 is 5.87. The van der Waals surface area contributed by atoms with Gasteiger partial charge in [0.1, 0.15) is 11.3 Å². The van der Waals surface area contributed by atoms with Crippen LogP contribution in [0.1, 0.15) is 33.5 Å². The first kappa shape index (κ1) is 13.6. The van der Waals surface area contributed by atoms with E-state index in [1.54, 1.807) is 26.0 Å². The summed E-state index contributed by atoms with van der Waals surface area (Å²) in [7, 11) is 0. The molecule has 0 spiro atoms. The van der Waals surface area contributed by atoms with E-state index in [4.69, 9.17) is 9.62 Å². The summed E-state index contributed by atoms with van der Waals surface area (Å²) in [6.07, 6.45) is 1.45. The van der Waals surface area contributed by atoms with Gasteiger partial charge in [0.15, 0.2) is 5.76 Å². The topological polar surface area (TPSA) is 95.3 Å². The third-order valence-corrected chi connectivity index (χ3v) is 3.71. The SMILES string of the molecule is C/C(=N/O)[C@@]1(C)N(O)C(C)(C)C(c2ccco2)=[N+]1[O-]. The molecular formula is C12H17N3O4. The van der Waals surface area contributed by atoms with Crippen LogP contribution < -0.4 is 0 Å². The molecule has 0 aliphatic carbocycles. The van der Waals surface area contributed by atoms with Crippen molar-refractivity contribution in [3.8, 4) is 0 Å². The number of hydroxylamine groups is 3. The van der Waals surface area contributed by atoms with Gasteiger partial charge in [-0.3, -0.25) is 0 Å². The molecule has 1 aliphatic heterocycles. The van der Waals surface area contributed by atoms with E-state index < -0.39 is 11.2 Å². The average molecular weight is 267 g/mol. The molecule has 104 valence electrons. The third-order valence-electron chi connectivity index (χ3n) is 3.71. The molecule has 2 N–H and O–H groups in total. The van der Waals surface area contributed by atoms with Crippen LogP contribution >= 0.6 is 0 Å². The Labute approximate surface area is 110 Å². The predicted molar refractivity (Wildman–Crippen MR) is 67.4 cm³/mol. The van der Waals surface area contributed by atoms with Crippen molar-refractivity contribution in [2.75, 3.05) is 0 Å². The molecule has 2 heterocycles. The van der Waals surface area contributed by atoms with Gasteiger partial charge in [-0.05, 0) is 32.9 Å². The molecule has 1 atom stereocenters. The minimum atomic E-state index is -1.49. The van der Waals surface area contributed by atoms with Gasteiger partial charge in [-0.1, -0.05) is 5.16 Å². The second kappa shape index (κ2) is 4.07. The van der Waals surface area contributed by atoms with E-state index in [0.29, 0.717) is 10.5 Å². The van der Waals surface area contributed by atoms with Gasteiger partial charge < -0.3 is 20.0 Å². The fourth-order valence-corrected chi connectivity index (χ4v) is 2.41. The van der Waals surface area contributed by atoms with E-state index in [0.717, 1.165) is 5.06 Å². The minimum absolute atomic E-state index is 0.0830. The van der Waals surface area contributed by atoms with Crippen LogP contribution in [0.3, 0.4) is 0 Å². The Morgan fingerprint density at radius 3 is 2.58 bits per heavy atom. The molecule has 2 rings (SSSR count). The third kappa shape index (κ3) is 1.58. The number of furan rings is 1. The zero-order valence-corrected chi connectivity index (χ0v) is 11.3. The Kier molecular flexibility index (Phi) is 2.91. The first-order chi connectivity index (χ1) is 8.77. The molecule has 0 unspecified atom stereocenters. The quantitative estimate of drug-likeness (QED) is 0.279. The van der Waals surface area contributed by atoms with E-state index in [1.165, 1.54) is 20.1 Å². The van der Waals surface area contributed by atoms with Crippen molar-refractivity contribution >= 4 is 11.4 Å². The van der Waals surface area contributed by atoms with Crippen LogP contribution in [0.25, 0.3) is 0 Å². The van der Waals surface area contributed by atoms with Gasteiger partial charge in [-0.25, -0.2) is 0 Å². The largest absolute Gasteiger partial charge is 0.622 e. The lowest BCUT2D eigenvalue weighted by atomic mass is 9.96. The van der Waals surface area contributed by atoms with Crippen molar-refractivity contribution in [2.45, 2.75) is 38.9 Å². The molecule has 19 heavy (non-hydrogen) atoms. The maximum atomic E-state index is 12.6. The Hall–Kier alpha value is -1.86. The lowest BCUT2D eigenvalue weighted by Crippen LogP contribution is -2.57. The summed E-state index contributed by atoms with van der Waals surface area (Å²) in [5, 5.41) is 35.8. The molecule has 7 heteroatoms. The zero-order valence-electron chi connectivity index (χ0n) is 11.3. The molecule has 0 saturated carbocycles. The number of hydrogen-bond acceptors (Lipinski definition) is 6. The van der Waals surface area contributed by atoms with Gasteiger partial charge >= 0.3 is 0 Å². The molecule has 1 aliphatic rings. The first-order valence-corrected chi connectivity index (χ1v) is 5.85. The standard InChI is InChI=1S/C12H17N3O4/c1-8(13-16)12(4)14(17)10(9-6-5-7-19-9)11(2,3)15(12)18/h5-7,16,18H,1-4H3/b13-8-/t12-/m1/s1. The Bertz CT molecular complexity index is 547. The van der Waals surface area contributed by atoms with E-state index in [9.17, 15) is 10.4 Å². The van der Waals surface area contributed by atoms with Crippen molar-refractivity contribution in [1.82, 2.24) is 5.06 Å². The number of hydrogen-bond donors (Lipinski definition) is 2. The second-order valence-corrected chi connectivity index (χ2v) is 5.20. The van der Waals surface area contributed by atoms with Crippen molar-refractivity contribution < 1.29 is 19.6 Å². The lowest BCUT2D eigenvalue weighted by Gasteiger charge is -2.31. The molecule has 0 aromatic carbocycles. The molecule has 1 aromatic rings. The second-order valence-electron chi connectivity index (χ2n) is 5.20. The molecule has 0 amide bonds. The first-order valence-electron chi connectivity index (χ1n) is 5.85. The summed E-state index contributed by atoms with van der Waals surface area (Å²) in [4.78, 5) is 0. The monoisotopic (exact) mass is 267 g/mol. The number of rotatable bonds is 2. The summed E-state index contributed by atoms with van der Waals surface area (Å²) in [6, 6.07) is 3.31. The van der Waals surface area contributed by atoms with Gasteiger partial charge in [0.05, 0.1) is 6.26 Å². The van der Waals surface area contributed by atoms with Gasteiger partial charge in [-0.15, -0.1) is 5.06 Å². The van der Waals surface area contributed by atoms with Crippen molar-refractivity contribution in [3.63, 3.8) is 0 Å². The smallest absolute Gasteiger partial charge is 0.290 e. The molecule has 7 nitrogen and oxygen atoms in total. The maximum absolute atomic E-state index is 12.6. The summed E-state index contributed by atoms with van der Waals surface area (Å²) in [5.74, 6) is 0.369. The van der Waals surface area contributed by atoms with Crippen LogP contribution in [-0.4, -0.2) is 42.8 Å². The molecule has 0 radical (unpaired) electrons. The summed E-state index contributed by atoms with van der Waals surface area (Å²) >= 11 is 0. The van der Waals surface area contributed by atoms with Crippen LogP contribution in [0, 0.1) is 5.21 Å². The highest BCUT2D eigenvalue weighted by Crippen LogP contribution is 2.36. The van der Waals surface area contributed by atoms with Gasteiger partial charge in [0, 0.05) is 6.92 Å². The van der Waals surface area contributed by atoms with Crippen molar-refractivity contribution in [1.29, 1.82) is 0 Å². The van der Waals surface area contributed by atoms with E-state index in [2.05, 4.69) is 5.16 Å². The Balaban J connectivity index is 2.70. The number of oxime groups is 1. The Morgan fingerprint density at radius 1 is 1.47 bits per heavy atom. The van der Waals surface area contributed by atoms with E-state index in [1.807, 2.05) is 0 Å². The van der Waals surface area contributed by atoms with Gasteiger partial charge in [0.25, 0.3) is 11.4 Å². The highest BCUT2D eigenvalue weighted by molar-refractivity contribution is 6.04. The highest BCUT2D eigenvalue weighted by atomic mass is 16.6.